The predicted molar refractivity (Wildman–Crippen MR) is 104 cm³/mol. The molecule has 0 saturated heterocycles. The Morgan fingerprint density at radius 2 is 1.72 bits per heavy atom. The number of carbonyl (C=O) groups is 2. The molecule has 2 amide bonds. The van der Waals surface area contributed by atoms with E-state index >= 15 is 0 Å². The van der Waals surface area contributed by atoms with Crippen molar-refractivity contribution in [3.05, 3.63) is 65.2 Å². The van der Waals surface area contributed by atoms with Gasteiger partial charge in [0, 0.05) is 19.2 Å². The molecule has 29 heavy (non-hydrogen) atoms. The summed E-state index contributed by atoms with van der Waals surface area (Å²) in [6, 6.07) is 9.73. The fraction of sp³-hybridized carbons (Fsp3) is 0.333. The first-order valence-corrected chi connectivity index (χ1v) is 9.06. The molecule has 0 aliphatic heterocycles. The van der Waals surface area contributed by atoms with E-state index in [0.717, 1.165) is 6.07 Å². The van der Waals surface area contributed by atoms with Gasteiger partial charge >= 0.3 is 6.09 Å². The summed E-state index contributed by atoms with van der Waals surface area (Å²) in [5.41, 5.74) is -0.167. The second kappa shape index (κ2) is 9.86. The predicted octanol–water partition coefficient (Wildman–Crippen LogP) is 3.80. The summed E-state index contributed by atoms with van der Waals surface area (Å²) in [7, 11) is 0. The first-order chi connectivity index (χ1) is 13.6. The van der Waals surface area contributed by atoms with Gasteiger partial charge in [-0.2, -0.15) is 0 Å². The summed E-state index contributed by atoms with van der Waals surface area (Å²) in [5.74, 6) is -1.54. The zero-order valence-electron chi connectivity index (χ0n) is 16.6. The maximum atomic E-state index is 14.2. The highest BCUT2D eigenvalue weighted by molar-refractivity contribution is 5.94. The molecule has 0 aliphatic carbocycles. The van der Waals surface area contributed by atoms with Crippen LogP contribution in [-0.4, -0.2) is 30.7 Å². The van der Waals surface area contributed by atoms with Crippen molar-refractivity contribution in [2.45, 2.75) is 33.0 Å². The van der Waals surface area contributed by atoms with E-state index < -0.39 is 23.4 Å². The van der Waals surface area contributed by atoms with Gasteiger partial charge in [0.2, 0.25) is 0 Å². The molecule has 0 atom stereocenters. The number of amides is 2. The van der Waals surface area contributed by atoms with Gasteiger partial charge in [0.05, 0.1) is 5.56 Å². The fourth-order valence-electron chi connectivity index (χ4n) is 2.31. The molecular formula is C21H24F2N2O4. The Hall–Kier alpha value is -3.16. The zero-order chi connectivity index (χ0) is 21.4. The molecule has 2 N–H and O–H groups in total. The Kier molecular flexibility index (Phi) is 7.52. The lowest BCUT2D eigenvalue weighted by Crippen LogP contribution is -2.38. The van der Waals surface area contributed by atoms with Crippen LogP contribution in [0.2, 0.25) is 0 Å². The molecule has 2 aromatic rings. The molecule has 0 aromatic heterocycles. The Bertz CT molecular complexity index is 866. The molecule has 2 aromatic carbocycles. The van der Waals surface area contributed by atoms with Crippen LogP contribution in [0.4, 0.5) is 13.6 Å². The number of hydrogen-bond acceptors (Lipinski definition) is 4. The van der Waals surface area contributed by atoms with Crippen molar-refractivity contribution in [1.82, 2.24) is 10.6 Å². The van der Waals surface area contributed by atoms with E-state index in [2.05, 4.69) is 10.6 Å². The number of ether oxygens (including phenoxy) is 2. The molecule has 6 nitrogen and oxygen atoms in total. The van der Waals surface area contributed by atoms with Gasteiger partial charge in [-0.05, 0) is 50.6 Å². The van der Waals surface area contributed by atoms with Crippen LogP contribution in [0.25, 0.3) is 0 Å². The standard InChI is InChI=1S/C21H24F2N2O4/c1-21(2,3)29-20(27)25-10-9-24-19(26)17-8-7-16(12-18(17)23)28-13-14-5-4-6-15(22)11-14/h4-8,11-12H,9-10,13H2,1-3H3,(H,24,26)(H,25,27). The highest BCUT2D eigenvalue weighted by Gasteiger charge is 2.16. The van der Waals surface area contributed by atoms with Crippen molar-refractivity contribution in [2.75, 3.05) is 13.1 Å². The average molecular weight is 406 g/mol. The van der Waals surface area contributed by atoms with Gasteiger partial charge in [0.15, 0.2) is 0 Å². The van der Waals surface area contributed by atoms with Crippen LogP contribution in [0.3, 0.4) is 0 Å². The zero-order valence-corrected chi connectivity index (χ0v) is 16.6. The Morgan fingerprint density at radius 3 is 2.38 bits per heavy atom. The summed E-state index contributed by atoms with van der Waals surface area (Å²) in [6.07, 6.45) is -0.599. The van der Waals surface area contributed by atoms with Crippen molar-refractivity contribution >= 4 is 12.0 Å². The van der Waals surface area contributed by atoms with Gasteiger partial charge < -0.3 is 20.1 Å². The van der Waals surface area contributed by atoms with Crippen LogP contribution in [0.5, 0.6) is 5.75 Å². The van der Waals surface area contributed by atoms with E-state index in [1.165, 1.54) is 24.3 Å². The van der Waals surface area contributed by atoms with Crippen molar-refractivity contribution in [2.24, 2.45) is 0 Å². The smallest absolute Gasteiger partial charge is 0.407 e. The quantitative estimate of drug-likeness (QED) is 0.686. The second-order valence-electron chi connectivity index (χ2n) is 7.24. The molecule has 0 fully saturated rings. The van der Waals surface area contributed by atoms with Crippen molar-refractivity contribution in [3.63, 3.8) is 0 Å². The maximum absolute atomic E-state index is 14.2. The Balaban J connectivity index is 1.81. The van der Waals surface area contributed by atoms with Gasteiger partial charge in [-0.15, -0.1) is 0 Å². The summed E-state index contributed by atoms with van der Waals surface area (Å²) in [5, 5.41) is 5.00. The minimum absolute atomic E-state index is 0.0685. The molecule has 0 heterocycles. The molecule has 156 valence electrons. The highest BCUT2D eigenvalue weighted by Crippen LogP contribution is 2.18. The van der Waals surface area contributed by atoms with Crippen molar-refractivity contribution in [1.29, 1.82) is 0 Å². The number of carbonyl (C=O) groups excluding carboxylic acids is 2. The van der Waals surface area contributed by atoms with Gasteiger partial charge in [-0.1, -0.05) is 12.1 Å². The van der Waals surface area contributed by atoms with Crippen LogP contribution in [0.15, 0.2) is 42.5 Å². The lowest BCUT2D eigenvalue weighted by molar-refractivity contribution is 0.0526. The lowest BCUT2D eigenvalue weighted by Gasteiger charge is -2.19. The molecule has 0 aliphatic rings. The van der Waals surface area contributed by atoms with E-state index in [1.807, 2.05) is 0 Å². The van der Waals surface area contributed by atoms with Crippen LogP contribution in [-0.2, 0) is 11.3 Å². The first kappa shape index (κ1) is 22.1. The maximum Gasteiger partial charge on any atom is 0.407 e. The summed E-state index contributed by atoms with van der Waals surface area (Å²) >= 11 is 0. The highest BCUT2D eigenvalue weighted by atomic mass is 19.1. The van der Waals surface area contributed by atoms with E-state index in [4.69, 9.17) is 9.47 Å². The van der Waals surface area contributed by atoms with E-state index in [9.17, 15) is 18.4 Å². The minimum Gasteiger partial charge on any atom is -0.489 e. The van der Waals surface area contributed by atoms with Gasteiger partial charge in [-0.3, -0.25) is 4.79 Å². The minimum atomic E-state index is -0.751. The monoisotopic (exact) mass is 406 g/mol. The molecule has 8 heteroatoms. The Morgan fingerprint density at radius 1 is 1.00 bits per heavy atom. The molecule has 0 spiro atoms. The van der Waals surface area contributed by atoms with Crippen LogP contribution >= 0.6 is 0 Å². The third-order valence-electron chi connectivity index (χ3n) is 3.56. The third-order valence-corrected chi connectivity index (χ3v) is 3.56. The lowest BCUT2D eigenvalue weighted by atomic mass is 10.2. The van der Waals surface area contributed by atoms with Gasteiger partial charge in [0.25, 0.3) is 5.91 Å². The van der Waals surface area contributed by atoms with Crippen LogP contribution < -0.4 is 15.4 Å². The molecule has 0 saturated carbocycles. The molecule has 0 unspecified atom stereocenters. The van der Waals surface area contributed by atoms with E-state index in [-0.39, 0.29) is 36.8 Å². The summed E-state index contributed by atoms with van der Waals surface area (Å²) in [4.78, 5) is 23.6. The average Bonchev–Trinajstić information content (AvgIpc) is 2.62. The molecular weight excluding hydrogens is 382 g/mol. The third kappa shape index (κ3) is 7.77. The van der Waals surface area contributed by atoms with Crippen molar-refractivity contribution < 1.29 is 27.8 Å². The van der Waals surface area contributed by atoms with E-state index in [0.29, 0.717) is 5.56 Å². The topological polar surface area (TPSA) is 76.7 Å². The van der Waals surface area contributed by atoms with Gasteiger partial charge in [-0.25, -0.2) is 13.6 Å². The van der Waals surface area contributed by atoms with E-state index in [1.54, 1.807) is 32.9 Å². The molecule has 0 radical (unpaired) electrons. The Labute approximate surface area is 168 Å². The number of hydrogen-bond donors (Lipinski definition) is 2. The second-order valence-corrected chi connectivity index (χ2v) is 7.24. The van der Waals surface area contributed by atoms with Crippen LogP contribution in [0.1, 0.15) is 36.7 Å². The number of halogens is 2. The normalized spacial score (nSPS) is 10.9. The molecule has 2 rings (SSSR count). The summed E-state index contributed by atoms with van der Waals surface area (Å²) < 4.78 is 37.9. The number of benzene rings is 2. The fourth-order valence-corrected chi connectivity index (χ4v) is 2.31. The SMILES string of the molecule is CC(C)(C)OC(=O)NCCNC(=O)c1ccc(OCc2cccc(F)c2)cc1F. The largest absolute Gasteiger partial charge is 0.489 e. The molecule has 0 bridgehead atoms. The van der Waals surface area contributed by atoms with Gasteiger partial charge in [0.1, 0.15) is 29.6 Å². The first-order valence-electron chi connectivity index (χ1n) is 9.06. The van der Waals surface area contributed by atoms with Crippen LogP contribution in [0, 0.1) is 11.6 Å². The van der Waals surface area contributed by atoms with Crippen molar-refractivity contribution in [3.8, 4) is 5.75 Å². The summed E-state index contributed by atoms with van der Waals surface area (Å²) in [6.45, 7) is 5.53. The number of alkyl carbamates (subject to hydrolysis) is 1. The number of rotatable bonds is 7. The number of nitrogens with one attached hydrogen (secondary N) is 2.